The highest BCUT2D eigenvalue weighted by Crippen LogP contribution is 2.07. The first kappa shape index (κ1) is 22.9. The van der Waals surface area contributed by atoms with Crippen LogP contribution in [-0.4, -0.2) is 71.0 Å². The Bertz CT molecular complexity index is 313. The molecule has 0 fully saturated rings. The molecule has 0 radical (unpaired) electrons. The zero-order valence-corrected chi connectivity index (χ0v) is 15.2. The van der Waals surface area contributed by atoms with Crippen LogP contribution in [0.4, 0.5) is 0 Å². The molecule has 0 heterocycles. The lowest BCUT2D eigenvalue weighted by Crippen LogP contribution is -2.24. The summed E-state index contributed by atoms with van der Waals surface area (Å²) in [6.45, 7) is 13.2. The van der Waals surface area contributed by atoms with Gasteiger partial charge in [0.1, 0.15) is 12.2 Å². The van der Waals surface area contributed by atoms with Crippen LogP contribution in [-0.2, 0) is 33.2 Å². The zero-order chi connectivity index (χ0) is 18.1. The molecule has 0 aromatic carbocycles. The van der Waals surface area contributed by atoms with Crippen LogP contribution in [0.2, 0.25) is 0 Å². The highest BCUT2D eigenvalue weighted by atomic mass is 16.6. The molecule has 0 aliphatic carbocycles. The first-order valence-electron chi connectivity index (χ1n) is 8.21. The molecule has 0 aromatic rings. The van der Waals surface area contributed by atoms with Crippen molar-refractivity contribution in [3.8, 4) is 0 Å². The van der Waals surface area contributed by atoms with Crippen molar-refractivity contribution in [2.75, 3.05) is 59.5 Å². The smallest absolute Gasteiger partial charge is 0.308 e. The third kappa shape index (κ3) is 18.9. The van der Waals surface area contributed by atoms with E-state index in [1.54, 1.807) is 0 Å². The summed E-state index contributed by atoms with van der Waals surface area (Å²) in [6, 6.07) is 0. The summed E-state index contributed by atoms with van der Waals surface area (Å²) in [5, 5.41) is 0. The average Bonchev–Trinajstić information content (AvgIpc) is 2.49. The van der Waals surface area contributed by atoms with Crippen LogP contribution in [0, 0.1) is 0 Å². The first-order valence-corrected chi connectivity index (χ1v) is 8.21. The number of hydrogen-bond acceptors (Lipinski definition) is 7. The fourth-order valence-corrected chi connectivity index (χ4v) is 1.50. The van der Waals surface area contributed by atoms with Gasteiger partial charge in [-0.1, -0.05) is 6.58 Å². The molecule has 0 unspecified atom stereocenters. The molecule has 0 rings (SSSR count). The summed E-state index contributed by atoms with van der Waals surface area (Å²) >= 11 is 0. The fourth-order valence-electron chi connectivity index (χ4n) is 1.50. The van der Waals surface area contributed by atoms with Gasteiger partial charge in [-0.2, -0.15) is 0 Å². The molecule has 7 heteroatoms. The van der Waals surface area contributed by atoms with E-state index in [9.17, 15) is 4.79 Å². The molecule has 0 aromatic heterocycles. The van der Waals surface area contributed by atoms with Crippen LogP contribution in [0.3, 0.4) is 0 Å². The predicted octanol–water partition coefficient (Wildman–Crippen LogP) is 1.94. The van der Waals surface area contributed by atoms with Crippen molar-refractivity contribution in [1.82, 2.24) is 0 Å². The topological polar surface area (TPSA) is 72.5 Å². The summed E-state index contributed by atoms with van der Waals surface area (Å²) in [5.41, 5.74) is -0.454. The van der Waals surface area contributed by atoms with Crippen molar-refractivity contribution in [2.45, 2.75) is 32.8 Å². The molecule has 0 N–H and O–H groups in total. The van der Waals surface area contributed by atoms with Gasteiger partial charge in [0.05, 0.1) is 65.5 Å². The van der Waals surface area contributed by atoms with Gasteiger partial charge >= 0.3 is 5.97 Å². The van der Waals surface area contributed by atoms with Gasteiger partial charge in [-0.3, -0.25) is 4.79 Å². The van der Waals surface area contributed by atoms with E-state index in [4.69, 9.17) is 28.4 Å². The Labute approximate surface area is 145 Å². The van der Waals surface area contributed by atoms with Crippen molar-refractivity contribution < 1.29 is 33.2 Å². The van der Waals surface area contributed by atoms with Gasteiger partial charge in [0.25, 0.3) is 0 Å². The Morgan fingerprint density at radius 2 is 1.21 bits per heavy atom. The number of carbonyl (C=O) groups excluding carboxylic acids is 1. The van der Waals surface area contributed by atoms with Crippen molar-refractivity contribution >= 4 is 5.97 Å². The van der Waals surface area contributed by atoms with Crippen molar-refractivity contribution in [2.24, 2.45) is 0 Å². The van der Waals surface area contributed by atoms with Gasteiger partial charge in [0.15, 0.2) is 0 Å². The van der Waals surface area contributed by atoms with Crippen LogP contribution in [0.25, 0.3) is 0 Å². The first-order chi connectivity index (χ1) is 11.5. The minimum absolute atomic E-state index is 0.248. The Kier molecular flexibility index (Phi) is 14.6. The lowest BCUT2D eigenvalue weighted by Gasteiger charge is -2.19. The van der Waals surface area contributed by atoms with E-state index in [0.717, 1.165) is 0 Å². The molecule has 0 aliphatic rings. The van der Waals surface area contributed by atoms with Gasteiger partial charge in [0, 0.05) is 0 Å². The Morgan fingerprint density at radius 1 is 0.792 bits per heavy atom. The molecule has 142 valence electrons. The minimum atomic E-state index is -0.454. The molecule has 0 bridgehead atoms. The highest BCUT2D eigenvalue weighted by Gasteiger charge is 2.15. The summed E-state index contributed by atoms with van der Waals surface area (Å²) in [5.74, 6) is -0.255. The number of ether oxygens (including phenoxy) is 6. The second-order valence-corrected chi connectivity index (χ2v) is 5.82. The minimum Gasteiger partial charge on any atom is -0.499 e. The van der Waals surface area contributed by atoms with Crippen LogP contribution in [0.5, 0.6) is 0 Å². The molecule has 7 nitrogen and oxygen atoms in total. The number of rotatable bonds is 16. The molecule has 0 saturated carbocycles. The second kappa shape index (κ2) is 15.4. The largest absolute Gasteiger partial charge is 0.499 e. The van der Waals surface area contributed by atoms with Crippen molar-refractivity contribution in [3.63, 3.8) is 0 Å². The zero-order valence-electron chi connectivity index (χ0n) is 15.2. The van der Waals surface area contributed by atoms with Gasteiger partial charge < -0.3 is 28.4 Å². The molecular formula is C17H32O7. The van der Waals surface area contributed by atoms with E-state index in [1.807, 2.05) is 20.8 Å². The standard InChI is InChI=1S/C17H32O7/c1-5-19-8-9-21-12-13-23-15-14-22-11-10-20-7-6-16(18)24-17(2,3)4/h5H,1,6-15H2,2-4H3. The normalized spacial score (nSPS) is 11.3. The Hall–Kier alpha value is -1.15. The van der Waals surface area contributed by atoms with E-state index in [0.29, 0.717) is 59.5 Å². The molecule has 0 aliphatic heterocycles. The highest BCUT2D eigenvalue weighted by molar-refractivity contribution is 5.69. The molecule has 24 heavy (non-hydrogen) atoms. The average molecular weight is 348 g/mol. The number of esters is 1. The van der Waals surface area contributed by atoms with Crippen LogP contribution in [0.1, 0.15) is 27.2 Å². The van der Waals surface area contributed by atoms with Crippen LogP contribution < -0.4 is 0 Å². The predicted molar refractivity (Wildman–Crippen MR) is 89.9 cm³/mol. The van der Waals surface area contributed by atoms with E-state index in [1.165, 1.54) is 6.26 Å². The maximum Gasteiger partial charge on any atom is 0.308 e. The van der Waals surface area contributed by atoms with Gasteiger partial charge in [0.2, 0.25) is 0 Å². The molecule has 0 spiro atoms. The van der Waals surface area contributed by atoms with Gasteiger partial charge in [-0.15, -0.1) is 0 Å². The number of carbonyl (C=O) groups is 1. The third-order valence-corrected chi connectivity index (χ3v) is 2.45. The summed E-state index contributed by atoms with van der Waals surface area (Å²) in [7, 11) is 0. The quantitative estimate of drug-likeness (QED) is 0.240. The molecule has 0 atom stereocenters. The van der Waals surface area contributed by atoms with Crippen molar-refractivity contribution in [1.29, 1.82) is 0 Å². The Balaban J connectivity index is 3.15. The fraction of sp³-hybridized carbons (Fsp3) is 0.824. The second-order valence-electron chi connectivity index (χ2n) is 5.82. The lowest BCUT2D eigenvalue weighted by molar-refractivity contribution is -0.156. The maximum absolute atomic E-state index is 11.4. The van der Waals surface area contributed by atoms with Crippen molar-refractivity contribution in [3.05, 3.63) is 12.8 Å². The van der Waals surface area contributed by atoms with E-state index in [2.05, 4.69) is 6.58 Å². The Morgan fingerprint density at radius 3 is 1.62 bits per heavy atom. The molecule has 0 amide bonds. The summed E-state index contributed by atoms with van der Waals surface area (Å²) < 4.78 is 31.3. The van der Waals surface area contributed by atoms with E-state index in [-0.39, 0.29) is 12.4 Å². The lowest BCUT2D eigenvalue weighted by atomic mass is 10.2. The summed E-state index contributed by atoms with van der Waals surface area (Å²) in [4.78, 5) is 11.4. The molecule has 0 saturated heterocycles. The van der Waals surface area contributed by atoms with Crippen LogP contribution in [0.15, 0.2) is 12.8 Å². The summed E-state index contributed by atoms with van der Waals surface area (Å²) in [6.07, 6.45) is 1.64. The number of hydrogen-bond donors (Lipinski definition) is 0. The monoisotopic (exact) mass is 348 g/mol. The van der Waals surface area contributed by atoms with E-state index < -0.39 is 5.60 Å². The van der Waals surface area contributed by atoms with Gasteiger partial charge in [-0.05, 0) is 20.8 Å². The SMILES string of the molecule is C=COCCOCCOCCOCCOCCC(=O)OC(C)(C)C. The molecular weight excluding hydrogens is 316 g/mol. The van der Waals surface area contributed by atoms with Gasteiger partial charge in [-0.25, -0.2) is 0 Å². The third-order valence-electron chi connectivity index (χ3n) is 2.45. The van der Waals surface area contributed by atoms with Crippen LogP contribution >= 0.6 is 0 Å². The maximum atomic E-state index is 11.4. The van der Waals surface area contributed by atoms with E-state index >= 15 is 0 Å².